The highest BCUT2D eigenvalue weighted by Crippen LogP contribution is 2.34. The van der Waals surface area contributed by atoms with Crippen LogP contribution in [0.15, 0.2) is 12.7 Å². The number of aliphatic hydroxyl groups is 2. The quantitative estimate of drug-likeness (QED) is 0.729. The van der Waals surface area contributed by atoms with Gasteiger partial charge in [-0.1, -0.05) is 0 Å². The standard InChI is InChI=1S/C13H16FN5O3/c14-8-10(21)7(3-20)22-13(8)19-5-17-9-11(18-6-1-2-6)15-4-16-12(9)19/h4-8,10,13,20-21H,1-3H2,(H,15,16,18)/t7-,8+,10-,13-/m1/s1. The Morgan fingerprint density at radius 1 is 1.36 bits per heavy atom. The lowest BCUT2D eigenvalue weighted by Gasteiger charge is -2.15. The molecule has 8 nitrogen and oxygen atoms in total. The molecule has 4 atom stereocenters. The zero-order valence-electron chi connectivity index (χ0n) is 11.6. The van der Waals surface area contributed by atoms with Gasteiger partial charge >= 0.3 is 0 Å². The van der Waals surface area contributed by atoms with Gasteiger partial charge in [0.25, 0.3) is 0 Å². The largest absolute Gasteiger partial charge is 0.394 e. The lowest BCUT2D eigenvalue weighted by atomic mass is 10.1. The van der Waals surface area contributed by atoms with E-state index in [1.807, 2.05) is 0 Å². The Morgan fingerprint density at radius 2 is 2.18 bits per heavy atom. The van der Waals surface area contributed by atoms with Crippen LogP contribution in [0.2, 0.25) is 0 Å². The fourth-order valence-electron chi connectivity index (χ4n) is 2.64. The molecule has 0 spiro atoms. The number of anilines is 1. The van der Waals surface area contributed by atoms with Gasteiger partial charge in [-0.25, -0.2) is 19.3 Å². The van der Waals surface area contributed by atoms with Gasteiger partial charge in [0.15, 0.2) is 29.4 Å². The predicted octanol–water partition coefficient (Wildman–Crippen LogP) is -0.0107. The van der Waals surface area contributed by atoms with Crippen LogP contribution in [0.3, 0.4) is 0 Å². The number of aliphatic hydroxyl groups excluding tert-OH is 2. The summed E-state index contributed by atoms with van der Waals surface area (Å²) in [5, 5.41) is 22.1. The van der Waals surface area contributed by atoms with Crippen molar-refractivity contribution in [3.63, 3.8) is 0 Å². The van der Waals surface area contributed by atoms with Gasteiger partial charge in [0.2, 0.25) is 0 Å². The van der Waals surface area contributed by atoms with Crippen LogP contribution in [0.4, 0.5) is 10.2 Å². The van der Waals surface area contributed by atoms with Crippen LogP contribution in [0.5, 0.6) is 0 Å². The average molecular weight is 309 g/mol. The maximum absolute atomic E-state index is 14.2. The second-order valence-corrected chi connectivity index (χ2v) is 5.65. The van der Waals surface area contributed by atoms with Crippen molar-refractivity contribution in [2.45, 2.75) is 43.5 Å². The number of aromatic nitrogens is 4. The summed E-state index contributed by atoms with van der Waals surface area (Å²) in [6, 6.07) is 0.403. The summed E-state index contributed by atoms with van der Waals surface area (Å²) in [6.45, 7) is -0.450. The van der Waals surface area contributed by atoms with E-state index in [4.69, 9.17) is 9.84 Å². The van der Waals surface area contributed by atoms with Gasteiger partial charge < -0.3 is 20.3 Å². The molecule has 22 heavy (non-hydrogen) atoms. The van der Waals surface area contributed by atoms with Crippen LogP contribution in [0.25, 0.3) is 11.2 Å². The Kier molecular flexibility index (Phi) is 3.21. The summed E-state index contributed by atoms with van der Waals surface area (Å²) in [5.74, 6) is 0.610. The molecule has 0 amide bonds. The fraction of sp³-hybridized carbons (Fsp3) is 0.615. The number of hydrogen-bond acceptors (Lipinski definition) is 7. The van der Waals surface area contributed by atoms with Crippen molar-refractivity contribution in [3.05, 3.63) is 12.7 Å². The maximum Gasteiger partial charge on any atom is 0.173 e. The van der Waals surface area contributed by atoms with Crippen molar-refractivity contribution in [2.24, 2.45) is 0 Å². The van der Waals surface area contributed by atoms with Gasteiger partial charge in [0, 0.05) is 6.04 Å². The van der Waals surface area contributed by atoms with Crippen molar-refractivity contribution in [3.8, 4) is 0 Å². The van der Waals surface area contributed by atoms with Crippen molar-refractivity contribution < 1.29 is 19.3 Å². The van der Waals surface area contributed by atoms with E-state index in [0.29, 0.717) is 23.0 Å². The zero-order valence-corrected chi connectivity index (χ0v) is 11.6. The van der Waals surface area contributed by atoms with Gasteiger partial charge in [-0.2, -0.15) is 0 Å². The summed E-state index contributed by atoms with van der Waals surface area (Å²) < 4.78 is 21.1. The highest BCUT2D eigenvalue weighted by molar-refractivity contribution is 5.83. The number of nitrogens with zero attached hydrogens (tertiary/aromatic N) is 4. The molecule has 9 heteroatoms. The minimum absolute atomic E-state index is 0.403. The lowest BCUT2D eigenvalue weighted by molar-refractivity contribution is -0.0459. The Morgan fingerprint density at radius 3 is 2.86 bits per heavy atom. The highest BCUT2D eigenvalue weighted by Gasteiger charge is 2.45. The number of nitrogens with one attached hydrogen (secondary N) is 1. The fourth-order valence-corrected chi connectivity index (χ4v) is 2.64. The zero-order chi connectivity index (χ0) is 15.3. The number of alkyl halides is 1. The number of fused-ring (bicyclic) bond motifs is 1. The van der Waals surface area contributed by atoms with Crippen molar-refractivity contribution in [2.75, 3.05) is 11.9 Å². The molecule has 1 aliphatic heterocycles. The van der Waals surface area contributed by atoms with E-state index in [2.05, 4.69) is 20.3 Å². The molecule has 2 aromatic heterocycles. The number of imidazole rings is 1. The summed E-state index contributed by atoms with van der Waals surface area (Å²) in [4.78, 5) is 12.6. The Balaban J connectivity index is 1.70. The van der Waals surface area contributed by atoms with Crippen LogP contribution in [-0.4, -0.2) is 60.8 Å². The molecule has 1 aliphatic carbocycles. The molecule has 3 heterocycles. The molecule has 3 N–H and O–H groups in total. The number of hydrogen-bond donors (Lipinski definition) is 3. The maximum atomic E-state index is 14.2. The summed E-state index contributed by atoms with van der Waals surface area (Å²) in [7, 11) is 0. The minimum atomic E-state index is -1.66. The normalized spacial score (nSPS) is 31.8. The van der Waals surface area contributed by atoms with E-state index < -0.39 is 31.2 Å². The third-order valence-corrected chi connectivity index (χ3v) is 4.02. The molecule has 0 unspecified atom stereocenters. The van der Waals surface area contributed by atoms with Gasteiger partial charge in [-0.3, -0.25) is 4.57 Å². The number of rotatable bonds is 4. The first-order valence-corrected chi connectivity index (χ1v) is 7.21. The molecule has 4 rings (SSSR count). The monoisotopic (exact) mass is 309 g/mol. The smallest absolute Gasteiger partial charge is 0.173 e. The van der Waals surface area contributed by atoms with Crippen molar-refractivity contribution >= 4 is 17.0 Å². The van der Waals surface area contributed by atoms with Gasteiger partial charge in [0.1, 0.15) is 18.5 Å². The summed E-state index contributed by atoms with van der Waals surface area (Å²) in [6.07, 6.45) is -0.0787. The second kappa shape index (κ2) is 5.11. The van der Waals surface area contributed by atoms with Crippen LogP contribution >= 0.6 is 0 Å². The van der Waals surface area contributed by atoms with Crippen LogP contribution < -0.4 is 5.32 Å². The second-order valence-electron chi connectivity index (χ2n) is 5.65. The highest BCUT2D eigenvalue weighted by atomic mass is 19.1. The Labute approximate surface area is 125 Å². The minimum Gasteiger partial charge on any atom is -0.394 e. The van der Waals surface area contributed by atoms with Gasteiger partial charge in [0.05, 0.1) is 12.9 Å². The van der Waals surface area contributed by atoms with Gasteiger partial charge in [-0.15, -0.1) is 0 Å². The van der Waals surface area contributed by atoms with Crippen LogP contribution in [0, 0.1) is 0 Å². The Bertz CT molecular complexity index is 691. The summed E-state index contributed by atoms with van der Waals surface area (Å²) >= 11 is 0. The molecule has 1 saturated heterocycles. The molecule has 0 bridgehead atoms. The molecular formula is C13H16FN5O3. The van der Waals surface area contributed by atoms with Crippen molar-refractivity contribution in [1.29, 1.82) is 0 Å². The van der Waals surface area contributed by atoms with Crippen LogP contribution in [-0.2, 0) is 4.74 Å². The van der Waals surface area contributed by atoms with E-state index in [1.165, 1.54) is 17.2 Å². The van der Waals surface area contributed by atoms with Crippen LogP contribution in [0.1, 0.15) is 19.1 Å². The van der Waals surface area contributed by atoms with E-state index in [9.17, 15) is 9.50 Å². The van der Waals surface area contributed by atoms with Crippen molar-refractivity contribution in [1.82, 2.24) is 19.5 Å². The average Bonchev–Trinajstić information content (AvgIpc) is 3.16. The topological polar surface area (TPSA) is 105 Å². The van der Waals surface area contributed by atoms with E-state index in [1.54, 1.807) is 0 Å². The molecule has 1 saturated carbocycles. The lowest BCUT2D eigenvalue weighted by Crippen LogP contribution is -2.30. The number of halogens is 1. The first-order valence-electron chi connectivity index (χ1n) is 7.21. The molecule has 2 fully saturated rings. The predicted molar refractivity (Wildman–Crippen MR) is 73.9 cm³/mol. The third kappa shape index (κ3) is 2.13. The SMILES string of the molecule is OC[C@H]1O[C@@H](n2cnc3c(NC4CC4)ncnc32)[C@@H](F)[C@@H]1O. The molecule has 0 radical (unpaired) electrons. The molecule has 2 aliphatic rings. The molecule has 118 valence electrons. The molecule has 2 aromatic rings. The Hall–Kier alpha value is -1.84. The third-order valence-electron chi connectivity index (χ3n) is 4.02. The van der Waals surface area contributed by atoms with E-state index >= 15 is 0 Å². The summed E-state index contributed by atoms with van der Waals surface area (Å²) in [5.41, 5.74) is 0.962. The first kappa shape index (κ1) is 13.8. The van der Waals surface area contributed by atoms with E-state index in [-0.39, 0.29) is 0 Å². The number of ether oxygens (including phenoxy) is 1. The molecule has 0 aromatic carbocycles. The van der Waals surface area contributed by atoms with Gasteiger partial charge in [-0.05, 0) is 12.8 Å². The molecular weight excluding hydrogens is 293 g/mol. The first-order chi connectivity index (χ1) is 10.7. The van der Waals surface area contributed by atoms with E-state index in [0.717, 1.165) is 12.8 Å².